The summed E-state index contributed by atoms with van der Waals surface area (Å²) in [7, 11) is 1.60. The molecule has 0 aliphatic carbocycles. The lowest BCUT2D eigenvalue weighted by molar-refractivity contribution is -0.137. The van der Waals surface area contributed by atoms with Crippen molar-refractivity contribution in [2.75, 3.05) is 37.4 Å². The Morgan fingerprint density at radius 3 is 2.38 bits per heavy atom. The third-order valence-corrected chi connectivity index (χ3v) is 9.85. The number of hydrogen-bond acceptors (Lipinski definition) is 10. The number of piperidine rings is 1. The Labute approximate surface area is 340 Å². The van der Waals surface area contributed by atoms with Crippen molar-refractivity contribution in [1.29, 1.82) is 0 Å². The lowest BCUT2D eigenvalue weighted by Gasteiger charge is -2.29. The summed E-state index contributed by atoms with van der Waals surface area (Å²) < 4.78 is 11.1. The Balaban J connectivity index is 0.960. The highest BCUT2D eigenvalue weighted by molar-refractivity contribution is 6.31. The number of hydrogen-bond donors (Lipinski definition) is 6. The van der Waals surface area contributed by atoms with E-state index < -0.39 is 48.0 Å². The number of urea groups is 1. The summed E-state index contributed by atoms with van der Waals surface area (Å²) >= 11 is 6.49. The van der Waals surface area contributed by atoms with E-state index >= 15 is 0 Å². The summed E-state index contributed by atoms with van der Waals surface area (Å²) in [6, 6.07) is 14.5. The lowest BCUT2D eigenvalue weighted by Crippen LogP contribution is -2.52. The van der Waals surface area contributed by atoms with E-state index in [1.165, 1.54) is 16.7 Å². The van der Waals surface area contributed by atoms with Gasteiger partial charge in [0.25, 0.3) is 5.91 Å². The molecule has 3 aromatic rings. The normalized spacial score (nSPS) is 15.8. The van der Waals surface area contributed by atoms with Crippen LogP contribution in [0.3, 0.4) is 0 Å². The molecular weight excluding hydrogens is 772 g/mol. The second-order valence-corrected chi connectivity index (χ2v) is 14.5. The number of anilines is 2. The van der Waals surface area contributed by atoms with Crippen molar-refractivity contribution in [2.24, 2.45) is 5.73 Å². The van der Waals surface area contributed by atoms with E-state index in [0.29, 0.717) is 40.6 Å². The highest BCUT2D eigenvalue weighted by atomic mass is 35.5. The van der Waals surface area contributed by atoms with E-state index in [2.05, 4.69) is 26.6 Å². The number of carbonyl (C=O) groups is 7. The molecule has 0 aromatic heterocycles. The van der Waals surface area contributed by atoms with E-state index in [1.54, 1.807) is 68.6 Å². The molecule has 58 heavy (non-hydrogen) atoms. The fourth-order valence-electron chi connectivity index (χ4n) is 6.10. The van der Waals surface area contributed by atoms with Gasteiger partial charge in [-0.15, -0.1) is 0 Å². The standard InChI is InChI=1S/C40H47ClN8O9/c1-23(42)35(51)44-24(2)36(52)45-29-8-4-25(5-9-29)22-58-40(56)48(3)15-17-57-16-14-27-7-10-30(19-32(27)41)46-39(55)43-20-26-6-11-31-28(18-26)21-49(38(31)54)33-12-13-34(50)47-37(33)53/h4-11,18-19,23-24,33H,12-17,20-22,42H2,1-3H3,(H,44,51)(H,45,52)(H2,43,46,55)(H,47,50,53)/t23-,24-,33?/m0/s1. The van der Waals surface area contributed by atoms with Crippen LogP contribution in [0.4, 0.5) is 21.0 Å². The minimum absolute atomic E-state index is 0.0244. The number of nitrogens with zero attached hydrogens (tertiary/aromatic N) is 2. The molecule has 1 fully saturated rings. The van der Waals surface area contributed by atoms with Crippen molar-refractivity contribution in [2.45, 2.75) is 70.9 Å². The third-order valence-electron chi connectivity index (χ3n) is 9.50. The quantitative estimate of drug-likeness (QED) is 0.0914. The largest absolute Gasteiger partial charge is 0.445 e. The van der Waals surface area contributed by atoms with Gasteiger partial charge < -0.3 is 46.3 Å². The average molecular weight is 819 g/mol. The van der Waals surface area contributed by atoms with Gasteiger partial charge in [-0.2, -0.15) is 0 Å². The van der Waals surface area contributed by atoms with Crippen molar-refractivity contribution < 1.29 is 43.0 Å². The highest BCUT2D eigenvalue weighted by Crippen LogP contribution is 2.28. The number of likely N-dealkylation sites (N-methyl/N-ethyl adjacent to an activating group) is 1. The maximum Gasteiger partial charge on any atom is 0.409 e. The molecule has 0 spiro atoms. The van der Waals surface area contributed by atoms with Crippen LogP contribution in [0.15, 0.2) is 60.7 Å². The Morgan fingerprint density at radius 1 is 0.948 bits per heavy atom. The molecule has 2 heterocycles. The van der Waals surface area contributed by atoms with E-state index in [4.69, 9.17) is 26.8 Å². The summed E-state index contributed by atoms with van der Waals surface area (Å²) in [6.45, 7) is 4.44. The molecular formula is C40H47ClN8O9. The van der Waals surface area contributed by atoms with Crippen molar-refractivity contribution >= 4 is 64.6 Å². The van der Waals surface area contributed by atoms with Crippen LogP contribution in [-0.4, -0.2) is 96.4 Å². The molecule has 2 aliphatic heterocycles. The summed E-state index contributed by atoms with van der Waals surface area (Å²) in [5.41, 5.74) is 10.1. The number of benzene rings is 3. The van der Waals surface area contributed by atoms with Gasteiger partial charge in [-0.05, 0) is 79.3 Å². The van der Waals surface area contributed by atoms with E-state index in [9.17, 15) is 33.6 Å². The molecule has 2 aliphatic rings. The summed E-state index contributed by atoms with van der Waals surface area (Å²) in [5.74, 6) is -1.91. The van der Waals surface area contributed by atoms with Crippen LogP contribution >= 0.6 is 11.6 Å². The van der Waals surface area contributed by atoms with Gasteiger partial charge >= 0.3 is 12.1 Å². The van der Waals surface area contributed by atoms with Crippen LogP contribution in [0.1, 0.15) is 59.3 Å². The second kappa shape index (κ2) is 19.9. The number of fused-ring (bicyclic) bond motifs is 1. The van der Waals surface area contributed by atoms with Gasteiger partial charge in [-0.3, -0.25) is 29.3 Å². The van der Waals surface area contributed by atoms with Crippen molar-refractivity contribution in [3.63, 3.8) is 0 Å². The van der Waals surface area contributed by atoms with Crippen LogP contribution in [0, 0.1) is 0 Å². The monoisotopic (exact) mass is 818 g/mol. The fourth-order valence-corrected chi connectivity index (χ4v) is 6.38. The molecule has 1 unspecified atom stereocenters. The van der Waals surface area contributed by atoms with E-state index in [-0.39, 0.29) is 57.5 Å². The van der Waals surface area contributed by atoms with Gasteiger partial charge in [0.2, 0.25) is 23.6 Å². The van der Waals surface area contributed by atoms with E-state index in [0.717, 1.165) is 16.7 Å². The number of amides is 8. The molecule has 308 valence electrons. The SMILES string of the molecule is C[C@H](N)C(=O)N[C@@H](C)C(=O)Nc1ccc(COC(=O)N(C)CCOCCc2ccc(NC(=O)NCc3ccc4c(c3)CN(C3CCC(=O)NC3=O)C4=O)cc2Cl)cc1. The Hall–Kier alpha value is -6.04. The zero-order valence-corrected chi connectivity index (χ0v) is 33.1. The fraction of sp³-hybridized carbons (Fsp3) is 0.375. The Kier molecular flexibility index (Phi) is 14.8. The van der Waals surface area contributed by atoms with Crippen molar-refractivity contribution in [3.8, 4) is 0 Å². The second-order valence-electron chi connectivity index (χ2n) is 14.0. The van der Waals surface area contributed by atoms with Gasteiger partial charge in [0.15, 0.2) is 0 Å². The van der Waals surface area contributed by atoms with Crippen LogP contribution in [-0.2, 0) is 54.8 Å². The number of halogens is 1. The van der Waals surface area contributed by atoms with Crippen molar-refractivity contribution in [3.05, 3.63) is 93.5 Å². The van der Waals surface area contributed by atoms with Crippen LogP contribution in [0.5, 0.6) is 0 Å². The van der Waals surface area contributed by atoms with Gasteiger partial charge in [-0.1, -0.05) is 41.9 Å². The molecule has 7 N–H and O–H groups in total. The molecule has 0 saturated carbocycles. The zero-order valence-electron chi connectivity index (χ0n) is 32.4. The smallest absolute Gasteiger partial charge is 0.409 e. The molecule has 8 amide bonds. The van der Waals surface area contributed by atoms with Crippen molar-refractivity contribution in [1.82, 2.24) is 25.8 Å². The van der Waals surface area contributed by atoms with Gasteiger partial charge in [0.05, 0.1) is 19.3 Å². The molecule has 5 rings (SSSR count). The van der Waals surface area contributed by atoms with Crippen LogP contribution in [0.25, 0.3) is 0 Å². The van der Waals surface area contributed by atoms with Gasteiger partial charge in [0.1, 0.15) is 18.7 Å². The lowest BCUT2D eigenvalue weighted by atomic mass is 10.0. The van der Waals surface area contributed by atoms with Crippen LogP contribution < -0.4 is 32.3 Å². The molecule has 0 bridgehead atoms. The number of rotatable bonds is 16. The molecule has 1 saturated heterocycles. The predicted octanol–water partition coefficient (Wildman–Crippen LogP) is 3.04. The minimum atomic E-state index is -0.772. The minimum Gasteiger partial charge on any atom is -0.445 e. The first-order valence-corrected chi connectivity index (χ1v) is 19.1. The van der Waals surface area contributed by atoms with E-state index in [1.807, 2.05) is 6.07 Å². The predicted molar refractivity (Wildman–Crippen MR) is 213 cm³/mol. The number of nitrogens with one attached hydrogen (secondary N) is 5. The summed E-state index contributed by atoms with van der Waals surface area (Å²) in [4.78, 5) is 88.9. The molecule has 3 aromatic carbocycles. The number of carbonyl (C=O) groups excluding carboxylic acids is 7. The summed E-state index contributed by atoms with van der Waals surface area (Å²) in [5, 5.41) is 13.5. The van der Waals surface area contributed by atoms with Gasteiger partial charge in [-0.25, -0.2) is 9.59 Å². The first-order valence-electron chi connectivity index (χ1n) is 18.7. The topological polar surface area (TPSA) is 231 Å². The average Bonchev–Trinajstić information content (AvgIpc) is 3.51. The summed E-state index contributed by atoms with van der Waals surface area (Å²) in [6.07, 6.45) is 0.428. The molecule has 17 nitrogen and oxygen atoms in total. The maximum atomic E-state index is 12.9. The first kappa shape index (κ1) is 43.1. The Morgan fingerprint density at radius 2 is 1.67 bits per heavy atom. The molecule has 3 atom stereocenters. The molecule has 0 radical (unpaired) electrons. The molecule has 18 heteroatoms. The maximum absolute atomic E-state index is 12.9. The number of imide groups is 1. The number of ether oxygens (including phenoxy) is 2. The third kappa shape index (κ3) is 11.7. The van der Waals surface area contributed by atoms with Gasteiger partial charge in [0, 0.05) is 55.1 Å². The highest BCUT2D eigenvalue weighted by Gasteiger charge is 2.39. The zero-order chi connectivity index (χ0) is 41.9. The number of nitrogens with two attached hydrogens (primary N) is 1. The first-order chi connectivity index (χ1) is 27.7. The Bertz CT molecular complexity index is 2040. The van der Waals surface area contributed by atoms with Crippen LogP contribution in [0.2, 0.25) is 5.02 Å².